The highest BCUT2D eigenvalue weighted by Gasteiger charge is 2.47. The van der Waals surface area contributed by atoms with Crippen molar-refractivity contribution < 1.29 is 19.1 Å². The molecule has 3 aromatic carbocycles. The molecule has 1 unspecified atom stereocenters. The van der Waals surface area contributed by atoms with Crippen LogP contribution in [-0.2, 0) is 9.59 Å². The van der Waals surface area contributed by atoms with E-state index in [1.54, 1.807) is 24.4 Å². The monoisotopic (exact) mass is 426 g/mol. The molecule has 0 radical (unpaired) electrons. The summed E-state index contributed by atoms with van der Waals surface area (Å²) < 4.78 is 13.6. The maximum absolute atomic E-state index is 13.6. The second-order valence-electron chi connectivity index (χ2n) is 7.81. The number of aliphatic hydroxyl groups is 1. The summed E-state index contributed by atoms with van der Waals surface area (Å²) in [7, 11) is 0. The van der Waals surface area contributed by atoms with Crippen molar-refractivity contribution >= 4 is 34.0 Å². The van der Waals surface area contributed by atoms with Gasteiger partial charge in [0, 0.05) is 28.4 Å². The van der Waals surface area contributed by atoms with Crippen LogP contribution in [0.5, 0.6) is 0 Å². The third kappa shape index (κ3) is 3.08. The number of para-hydroxylation sites is 1. The maximum atomic E-state index is 13.6. The smallest absolute Gasteiger partial charge is 0.300 e. The molecule has 0 saturated carbocycles. The Balaban J connectivity index is 1.76. The number of carbonyl (C=O) groups excluding carboxylic acids is 2. The highest BCUT2D eigenvalue weighted by molar-refractivity contribution is 6.51. The summed E-state index contributed by atoms with van der Waals surface area (Å²) in [4.78, 5) is 30.8. The quantitative estimate of drug-likeness (QED) is 0.267. The molecule has 2 N–H and O–H groups in total. The molecule has 1 aliphatic rings. The van der Waals surface area contributed by atoms with Gasteiger partial charge in [0.1, 0.15) is 11.6 Å². The van der Waals surface area contributed by atoms with Crippen LogP contribution in [0.15, 0.2) is 84.6 Å². The summed E-state index contributed by atoms with van der Waals surface area (Å²) >= 11 is 0. The van der Waals surface area contributed by atoms with Crippen LogP contribution < -0.4 is 4.90 Å². The van der Waals surface area contributed by atoms with Gasteiger partial charge >= 0.3 is 0 Å². The van der Waals surface area contributed by atoms with Crippen LogP contribution in [0.1, 0.15) is 22.7 Å². The van der Waals surface area contributed by atoms with Crippen molar-refractivity contribution in [2.45, 2.75) is 13.0 Å². The lowest BCUT2D eigenvalue weighted by molar-refractivity contribution is -0.132. The van der Waals surface area contributed by atoms with E-state index in [2.05, 4.69) is 4.98 Å². The molecule has 32 heavy (non-hydrogen) atoms. The number of aliphatic hydroxyl groups excluding tert-OH is 1. The van der Waals surface area contributed by atoms with E-state index in [-0.39, 0.29) is 11.3 Å². The fourth-order valence-corrected chi connectivity index (χ4v) is 4.25. The van der Waals surface area contributed by atoms with Gasteiger partial charge in [0.2, 0.25) is 0 Å². The van der Waals surface area contributed by atoms with Gasteiger partial charge in [0.25, 0.3) is 11.7 Å². The molecule has 1 aromatic heterocycles. The highest BCUT2D eigenvalue weighted by Crippen LogP contribution is 2.43. The first kappa shape index (κ1) is 19.8. The minimum Gasteiger partial charge on any atom is -0.507 e. The van der Waals surface area contributed by atoms with Gasteiger partial charge in [-0.2, -0.15) is 0 Å². The summed E-state index contributed by atoms with van der Waals surface area (Å²) in [5.74, 6) is -2.24. The molecule has 1 fully saturated rings. The van der Waals surface area contributed by atoms with Crippen LogP contribution in [0.25, 0.3) is 16.7 Å². The Morgan fingerprint density at radius 2 is 1.75 bits per heavy atom. The number of fused-ring (bicyclic) bond motifs is 1. The van der Waals surface area contributed by atoms with E-state index in [9.17, 15) is 19.1 Å². The molecular formula is C26H19FN2O3. The number of hydrogen-bond acceptors (Lipinski definition) is 3. The first-order valence-corrected chi connectivity index (χ1v) is 10.2. The minimum atomic E-state index is -0.897. The number of anilines is 1. The maximum Gasteiger partial charge on any atom is 0.300 e. The summed E-state index contributed by atoms with van der Waals surface area (Å²) in [5.41, 5.74) is 3.15. The van der Waals surface area contributed by atoms with Crippen LogP contribution in [0.3, 0.4) is 0 Å². The van der Waals surface area contributed by atoms with Crippen molar-refractivity contribution in [2.24, 2.45) is 0 Å². The summed E-state index contributed by atoms with van der Waals surface area (Å²) in [6, 6.07) is 19.3. The fourth-order valence-electron chi connectivity index (χ4n) is 4.25. The average Bonchev–Trinajstić information content (AvgIpc) is 3.33. The molecular weight excluding hydrogens is 407 g/mol. The molecule has 1 atom stereocenters. The van der Waals surface area contributed by atoms with Crippen molar-refractivity contribution in [3.63, 3.8) is 0 Å². The van der Waals surface area contributed by atoms with Crippen LogP contribution in [-0.4, -0.2) is 21.8 Å². The molecule has 1 amide bonds. The summed E-state index contributed by atoms with van der Waals surface area (Å²) in [5, 5.41) is 12.0. The number of ketones is 1. The number of aromatic amines is 1. The molecule has 0 bridgehead atoms. The first-order valence-electron chi connectivity index (χ1n) is 10.2. The Morgan fingerprint density at radius 3 is 2.50 bits per heavy atom. The molecule has 0 aliphatic carbocycles. The SMILES string of the molecule is Cc1cccc(N2C(=O)C(=O)/C(=C(\O)c3c[nH]c4ccccc34)C2c2ccc(F)cc2)c1. The van der Waals surface area contributed by atoms with Crippen LogP contribution in [0.2, 0.25) is 0 Å². The van der Waals surface area contributed by atoms with Gasteiger partial charge in [-0.25, -0.2) is 4.39 Å². The number of nitrogens with one attached hydrogen (secondary N) is 1. The second kappa shape index (κ2) is 7.50. The van der Waals surface area contributed by atoms with Gasteiger partial charge in [-0.15, -0.1) is 0 Å². The van der Waals surface area contributed by atoms with Crippen LogP contribution in [0.4, 0.5) is 10.1 Å². The van der Waals surface area contributed by atoms with Gasteiger partial charge in [0.15, 0.2) is 0 Å². The van der Waals surface area contributed by atoms with E-state index in [0.29, 0.717) is 16.8 Å². The predicted octanol–water partition coefficient (Wildman–Crippen LogP) is 5.24. The van der Waals surface area contributed by atoms with Crippen LogP contribution >= 0.6 is 0 Å². The van der Waals surface area contributed by atoms with Gasteiger partial charge in [-0.1, -0.05) is 42.5 Å². The Bertz CT molecular complexity index is 1400. The van der Waals surface area contributed by atoms with E-state index in [1.165, 1.54) is 29.2 Å². The number of Topliss-reactive ketones (excluding diaryl/α,β-unsaturated/α-hetero) is 1. The summed E-state index contributed by atoms with van der Waals surface area (Å²) in [6.07, 6.45) is 1.61. The third-order valence-electron chi connectivity index (χ3n) is 5.75. The van der Waals surface area contributed by atoms with Crippen LogP contribution in [0, 0.1) is 12.7 Å². The molecule has 2 heterocycles. The Kier molecular flexibility index (Phi) is 4.63. The number of H-pyrrole nitrogens is 1. The van der Waals surface area contributed by atoms with Gasteiger partial charge < -0.3 is 10.1 Å². The number of halogens is 1. The normalized spacial score (nSPS) is 17.9. The molecule has 5 rings (SSSR count). The second-order valence-corrected chi connectivity index (χ2v) is 7.81. The number of hydrogen-bond donors (Lipinski definition) is 2. The predicted molar refractivity (Wildman–Crippen MR) is 121 cm³/mol. The van der Waals surface area contributed by atoms with Crippen molar-refractivity contribution in [1.82, 2.24) is 4.98 Å². The number of benzene rings is 3. The lowest BCUT2D eigenvalue weighted by Gasteiger charge is -2.25. The fraction of sp³-hybridized carbons (Fsp3) is 0.0769. The number of aromatic nitrogens is 1. The molecule has 5 nitrogen and oxygen atoms in total. The van der Waals surface area contributed by atoms with E-state index < -0.39 is 23.5 Å². The van der Waals surface area contributed by atoms with Crippen molar-refractivity contribution in [3.05, 3.63) is 107 Å². The third-order valence-corrected chi connectivity index (χ3v) is 5.75. The van der Waals surface area contributed by atoms with E-state index in [0.717, 1.165) is 16.5 Å². The van der Waals surface area contributed by atoms with Crippen molar-refractivity contribution in [2.75, 3.05) is 4.90 Å². The first-order chi connectivity index (χ1) is 15.5. The minimum absolute atomic E-state index is 0.0344. The summed E-state index contributed by atoms with van der Waals surface area (Å²) in [6.45, 7) is 1.89. The van der Waals surface area contributed by atoms with Crippen molar-refractivity contribution in [1.29, 1.82) is 0 Å². The lowest BCUT2D eigenvalue weighted by atomic mass is 9.95. The number of rotatable bonds is 3. The molecule has 158 valence electrons. The lowest BCUT2D eigenvalue weighted by Crippen LogP contribution is -2.29. The number of carbonyl (C=O) groups is 2. The molecule has 4 aromatic rings. The molecule has 0 spiro atoms. The number of amides is 1. The number of aryl methyl sites for hydroxylation is 1. The average molecular weight is 426 g/mol. The zero-order chi connectivity index (χ0) is 22.4. The van der Waals surface area contributed by atoms with E-state index in [4.69, 9.17) is 0 Å². The Morgan fingerprint density at radius 1 is 1.00 bits per heavy atom. The standard InChI is InChI=1S/C26H19FN2O3/c1-15-5-4-6-18(13-15)29-23(16-9-11-17(27)12-10-16)22(25(31)26(29)32)24(30)20-14-28-21-8-3-2-7-19(20)21/h2-14,23,28,30H,1H3/b24-22-. The molecule has 6 heteroatoms. The number of nitrogens with zero attached hydrogens (tertiary/aromatic N) is 1. The van der Waals surface area contributed by atoms with E-state index >= 15 is 0 Å². The molecule has 1 aliphatic heterocycles. The Labute approximate surface area is 183 Å². The largest absolute Gasteiger partial charge is 0.507 e. The van der Waals surface area contributed by atoms with Gasteiger partial charge in [0.05, 0.1) is 11.6 Å². The van der Waals surface area contributed by atoms with Crippen molar-refractivity contribution in [3.8, 4) is 0 Å². The highest BCUT2D eigenvalue weighted by atomic mass is 19.1. The zero-order valence-electron chi connectivity index (χ0n) is 17.2. The molecule has 1 saturated heterocycles. The van der Waals surface area contributed by atoms with Gasteiger partial charge in [-0.05, 0) is 48.4 Å². The van der Waals surface area contributed by atoms with Gasteiger partial charge in [-0.3, -0.25) is 14.5 Å². The Hall–Kier alpha value is -4.19. The van der Waals surface area contributed by atoms with E-state index in [1.807, 2.05) is 37.3 Å². The zero-order valence-corrected chi connectivity index (χ0v) is 17.2. The topological polar surface area (TPSA) is 73.4 Å².